The Balaban J connectivity index is 1.71. The predicted octanol–water partition coefficient (Wildman–Crippen LogP) is 2.42. The summed E-state index contributed by atoms with van der Waals surface area (Å²) in [7, 11) is 1.87. The van der Waals surface area contributed by atoms with Crippen molar-refractivity contribution in [3.05, 3.63) is 64.9 Å². The van der Waals surface area contributed by atoms with Crippen molar-refractivity contribution in [2.75, 3.05) is 20.2 Å². The molecule has 0 radical (unpaired) electrons. The van der Waals surface area contributed by atoms with Crippen LogP contribution in [0, 0.1) is 17.2 Å². The van der Waals surface area contributed by atoms with E-state index < -0.39 is 11.3 Å². The van der Waals surface area contributed by atoms with Gasteiger partial charge in [0, 0.05) is 32.0 Å². The van der Waals surface area contributed by atoms with Gasteiger partial charge in [0.25, 0.3) is 5.91 Å². The van der Waals surface area contributed by atoms with E-state index in [9.17, 15) is 14.0 Å². The molecule has 0 aromatic heterocycles. The summed E-state index contributed by atoms with van der Waals surface area (Å²) in [5.74, 6) is -1.42. The average Bonchev–Trinajstić information content (AvgIpc) is 3.28. The lowest BCUT2D eigenvalue weighted by molar-refractivity contribution is -0.152. The van der Waals surface area contributed by atoms with Crippen LogP contribution in [0.2, 0.25) is 0 Å². The number of benzene rings is 1. The second-order valence-electron chi connectivity index (χ2n) is 9.19. The average molecular weight is 458 g/mol. The van der Waals surface area contributed by atoms with Crippen molar-refractivity contribution < 1.29 is 18.8 Å². The molecule has 2 aliphatic heterocycles. The van der Waals surface area contributed by atoms with Crippen molar-refractivity contribution in [1.82, 2.24) is 20.8 Å². The van der Waals surface area contributed by atoms with Gasteiger partial charge in [-0.3, -0.25) is 14.4 Å². The number of nitrogens with two attached hydrogens (primary N) is 1. The molecule has 9 heteroatoms. The number of carbonyl (C=O) groups excluding carboxylic acids is 2. The number of hydrogen-bond acceptors (Lipinski definition) is 6. The maximum atomic E-state index is 14.2. The summed E-state index contributed by atoms with van der Waals surface area (Å²) in [6.45, 7) is 8.02. The lowest BCUT2D eigenvalue weighted by Crippen LogP contribution is -2.32. The number of carbonyl (C=O) groups is 2. The fraction of sp³-hybridized carbons (Fsp3) is 0.417. The van der Waals surface area contributed by atoms with Crippen LogP contribution in [0.4, 0.5) is 4.39 Å². The van der Waals surface area contributed by atoms with Crippen molar-refractivity contribution in [2.24, 2.45) is 17.1 Å². The molecule has 33 heavy (non-hydrogen) atoms. The van der Waals surface area contributed by atoms with E-state index in [1.807, 2.05) is 24.3 Å². The minimum Gasteiger partial charge on any atom is -0.402 e. The summed E-state index contributed by atoms with van der Waals surface area (Å²) >= 11 is 0. The maximum Gasteiger partial charge on any atom is 0.258 e. The summed E-state index contributed by atoms with van der Waals surface area (Å²) in [4.78, 5) is 31.0. The zero-order valence-electron chi connectivity index (χ0n) is 19.7. The molecule has 2 amide bonds. The molecule has 2 heterocycles. The summed E-state index contributed by atoms with van der Waals surface area (Å²) in [6, 6.07) is 4.74. The lowest BCUT2D eigenvalue weighted by Gasteiger charge is -2.19. The summed E-state index contributed by atoms with van der Waals surface area (Å²) < 4.78 is 14.2. The molecule has 3 rings (SSSR count). The molecule has 8 nitrogen and oxygen atoms in total. The largest absolute Gasteiger partial charge is 0.402 e. The molecule has 1 unspecified atom stereocenters. The molecule has 4 N–H and O–H groups in total. The minimum absolute atomic E-state index is 0.172. The zero-order valence-corrected chi connectivity index (χ0v) is 19.7. The number of rotatable bonds is 7. The lowest BCUT2D eigenvalue weighted by atomic mass is 9.94. The topological polar surface area (TPSA) is 99.9 Å². The van der Waals surface area contributed by atoms with Crippen molar-refractivity contribution in [1.29, 1.82) is 0 Å². The SMILES string of the molecule is C/C(N)=C/C(=C\C(C)C(=O)NCc1cc(F)cc(C2=CN(C)NC2)c1)N1OCC(C)(C)C1=O. The van der Waals surface area contributed by atoms with E-state index in [1.54, 1.807) is 39.8 Å². The Kier molecular flexibility index (Phi) is 7.24. The Bertz CT molecular complexity index is 1030. The first-order chi connectivity index (χ1) is 15.5. The van der Waals surface area contributed by atoms with Gasteiger partial charge in [-0.05, 0) is 67.8 Å². The van der Waals surface area contributed by atoms with Gasteiger partial charge in [0.2, 0.25) is 5.91 Å². The van der Waals surface area contributed by atoms with Crippen molar-refractivity contribution >= 4 is 17.4 Å². The van der Waals surface area contributed by atoms with Crippen molar-refractivity contribution in [2.45, 2.75) is 34.2 Å². The standard InChI is InChI=1S/C24H32FN5O3/c1-15(6-21(7-16(2)26)30-23(32)24(3,4)14-33-30)22(31)27-11-17-8-18(10-20(25)9-17)19-12-28-29(5)13-19/h6-10,13,15,28H,11-12,14,26H2,1-5H3,(H,27,31)/b16-7-,21-6+. The molecule has 0 spiro atoms. The fourth-order valence-electron chi connectivity index (χ4n) is 3.55. The van der Waals surface area contributed by atoms with Crippen LogP contribution in [0.1, 0.15) is 38.8 Å². The molecule has 1 atom stereocenters. The highest BCUT2D eigenvalue weighted by Gasteiger charge is 2.41. The first-order valence-corrected chi connectivity index (χ1v) is 10.8. The second kappa shape index (κ2) is 9.76. The normalized spacial score (nSPS) is 19.7. The van der Waals surface area contributed by atoms with Gasteiger partial charge >= 0.3 is 0 Å². The molecular weight excluding hydrogens is 425 g/mol. The molecule has 1 saturated heterocycles. The van der Waals surface area contributed by atoms with Crippen molar-refractivity contribution in [3.8, 4) is 0 Å². The highest BCUT2D eigenvalue weighted by atomic mass is 19.1. The van der Waals surface area contributed by atoms with Gasteiger partial charge in [0.15, 0.2) is 0 Å². The molecular formula is C24H32FN5O3. The monoisotopic (exact) mass is 457 g/mol. The number of amides is 2. The van der Waals surface area contributed by atoms with Crippen LogP contribution in [0.5, 0.6) is 0 Å². The van der Waals surface area contributed by atoms with Gasteiger partial charge in [-0.1, -0.05) is 6.92 Å². The number of nitrogens with zero attached hydrogens (tertiary/aromatic N) is 2. The molecule has 2 aliphatic rings. The van der Waals surface area contributed by atoms with Crippen LogP contribution >= 0.6 is 0 Å². The summed E-state index contributed by atoms with van der Waals surface area (Å²) in [5, 5.41) is 5.85. The zero-order chi connectivity index (χ0) is 24.3. The van der Waals surface area contributed by atoms with Gasteiger partial charge < -0.3 is 16.1 Å². The van der Waals surface area contributed by atoms with Crippen molar-refractivity contribution in [3.63, 3.8) is 0 Å². The van der Waals surface area contributed by atoms with Crippen LogP contribution in [0.15, 0.2) is 47.9 Å². The third-order valence-electron chi connectivity index (χ3n) is 5.43. The molecule has 1 aromatic carbocycles. The third kappa shape index (κ3) is 6.00. The Hall–Kier alpha value is -3.17. The second-order valence-corrected chi connectivity index (χ2v) is 9.19. The maximum absolute atomic E-state index is 14.2. The molecule has 0 saturated carbocycles. The van der Waals surface area contributed by atoms with E-state index in [2.05, 4.69) is 10.7 Å². The number of hydroxylamine groups is 2. The Labute approximate surface area is 193 Å². The van der Waals surface area contributed by atoms with Crippen LogP contribution in [0.25, 0.3) is 5.57 Å². The molecule has 0 bridgehead atoms. The van der Waals surface area contributed by atoms with E-state index >= 15 is 0 Å². The van der Waals surface area contributed by atoms with E-state index in [1.165, 1.54) is 17.2 Å². The first-order valence-electron chi connectivity index (χ1n) is 10.8. The van der Waals surface area contributed by atoms with Gasteiger partial charge in [0.1, 0.15) is 5.82 Å². The van der Waals surface area contributed by atoms with Crippen LogP contribution in [-0.4, -0.2) is 42.1 Å². The van der Waals surface area contributed by atoms with Crippen LogP contribution in [-0.2, 0) is 21.0 Å². The molecule has 178 valence electrons. The Morgan fingerprint density at radius 3 is 2.70 bits per heavy atom. The van der Waals surface area contributed by atoms with Gasteiger partial charge in [-0.15, -0.1) is 0 Å². The smallest absolute Gasteiger partial charge is 0.258 e. The summed E-state index contributed by atoms with van der Waals surface area (Å²) in [6.07, 6.45) is 5.14. The fourth-order valence-corrected chi connectivity index (χ4v) is 3.55. The van der Waals surface area contributed by atoms with E-state index in [0.29, 0.717) is 23.5 Å². The quantitative estimate of drug-likeness (QED) is 0.544. The Morgan fingerprint density at radius 1 is 1.39 bits per heavy atom. The molecule has 0 aliphatic carbocycles. The van der Waals surface area contributed by atoms with E-state index in [-0.39, 0.29) is 30.8 Å². The number of halogens is 1. The highest BCUT2D eigenvalue weighted by molar-refractivity contribution is 5.85. The van der Waals surface area contributed by atoms with E-state index in [0.717, 1.165) is 11.1 Å². The molecule has 1 fully saturated rings. The Morgan fingerprint density at radius 2 is 2.12 bits per heavy atom. The van der Waals surface area contributed by atoms with Crippen LogP contribution in [0.3, 0.4) is 0 Å². The number of hydrazine groups is 1. The minimum atomic E-state index is -0.658. The van der Waals surface area contributed by atoms with Gasteiger partial charge in [-0.25, -0.2) is 9.82 Å². The van der Waals surface area contributed by atoms with E-state index in [4.69, 9.17) is 10.6 Å². The predicted molar refractivity (Wildman–Crippen MR) is 124 cm³/mol. The van der Waals surface area contributed by atoms with Gasteiger partial charge in [0.05, 0.1) is 23.6 Å². The number of allylic oxidation sites excluding steroid dienone is 2. The molecule has 1 aromatic rings. The first kappa shape index (κ1) is 24.5. The third-order valence-corrected chi connectivity index (χ3v) is 5.43. The number of nitrogens with one attached hydrogen (secondary N) is 2. The number of hydrogen-bond donors (Lipinski definition) is 3. The van der Waals surface area contributed by atoms with Crippen LogP contribution < -0.4 is 16.5 Å². The summed E-state index contributed by atoms with van der Waals surface area (Å²) in [5.41, 5.74) is 11.6. The van der Waals surface area contributed by atoms with Gasteiger partial charge in [-0.2, -0.15) is 5.06 Å². The highest BCUT2D eigenvalue weighted by Crippen LogP contribution is 2.30.